The lowest BCUT2D eigenvalue weighted by Gasteiger charge is -2.36. The van der Waals surface area contributed by atoms with Gasteiger partial charge in [0.05, 0.1) is 5.56 Å². The fourth-order valence-corrected chi connectivity index (χ4v) is 2.16. The molecule has 0 spiro atoms. The second-order valence-corrected chi connectivity index (χ2v) is 10.4. The number of benzene rings is 1. The summed E-state index contributed by atoms with van der Waals surface area (Å²) in [4.78, 5) is 0. The standard InChI is InChI=1S/C13H19NO2Si/c1-13(2,3)17(4,5)16-12-7-6-11(15)8-10(12)9-14/h6-8,15H,1-5H3. The van der Waals surface area contributed by atoms with Gasteiger partial charge in [0.25, 0.3) is 8.32 Å². The predicted octanol–water partition coefficient (Wildman–Crippen LogP) is 3.65. The molecule has 17 heavy (non-hydrogen) atoms. The fourth-order valence-electron chi connectivity index (χ4n) is 1.12. The van der Waals surface area contributed by atoms with Crippen molar-refractivity contribution in [3.8, 4) is 17.6 Å². The summed E-state index contributed by atoms with van der Waals surface area (Å²) in [5.41, 5.74) is 0.384. The fraction of sp³-hybridized carbons (Fsp3) is 0.462. The van der Waals surface area contributed by atoms with Crippen molar-refractivity contribution in [2.45, 2.75) is 38.9 Å². The monoisotopic (exact) mass is 249 g/mol. The maximum absolute atomic E-state index is 9.33. The SMILES string of the molecule is CC(C)(C)[Si](C)(C)Oc1ccc(O)cc1C#N. The summed E-state index contributed by atoms with van der Waals surface area (Å²) in [5.74, 6) is 0.654. The van der Waals surface area contributed by atoms with Gasteiger partial charge in [0.15, 0.2) is 0 Å². The summed E-state index contributed by atoms with van der Waals surface area (Å²) in [6.07, 6.45) is 0. The Bertz CT molecular complexity index is 455. The van der Waals surface area contributed by atoms with Crippen LogP contribution in [0.1, 0.15) is 26.3 Å². The first-order valence-electron chi connectivity index (χ1n) is 5.59. The van der Waals surface area contributed by atoms with E-state index in [0.29, 0.717) is 11.3 Å². The normalized spacial score (nSPS) is 12.0. The lowest BCUT2D eigenvalue weighted by Crippen LogP contribution is -2.44. The van der Waals surface area contributed by atoms with Crippen LogP contribution in [0.2, 0.25) is 18.1 Å². The summed E-state index contributed by atoms with van der Waals surface area (Å²) in [7, 11) is -1.94. The Kier molecular flexibility index (Phi) is 3.53. The number of nitrogens with zero attached hydrogens (tertiary/aromatic N) is 1. The van der Waals surface area contributed by atoms with Gasteiger partial charge in [-0.25, -0.2) is 0 Å². The van der Waals surface area contributed by atoms with Crippen LogP contribution < -0.4 is 4.43 Å². The van der Waals surface area contributed by atoms with E-state index < -0.39 is 8.32 Å². The Morgan fingerprint density at radius 3 is 2.35 bits per heavy atom. The van der Waals surface area contributed by atoms with Gasteiger partial charge < -0.3 is 9.53 Å². The van der Waals surface area contributed by atoms with E-state index in [-0.39, 0.29) is 10.8 Å². The minimum atomic E-state index is -1.94. The summed E-state index contributed by atoms with van der Waals surface area (Å²) < 4.78 is 6.05. The first-order chi connectivity index (χ1) is 7.67. The van der Waals surface area contributed by atoms with E-state index in [1.165, 1.54) is 6.07 Å². The zero-order chi connectivity index (χ0) is 13.3. The number of nitriles is 1. The Labute approximate surface area is 104 Å². The Morgan fingerprint density at radius 1 is 1.29 bits per heavy atom. The molecule has 0 saturated heterocycles. The van der Waals surface area contributed by atoms with E-state index >= 15 is 0 Å². The molecule has 0 bridgehead atoms. The summed E-state index contributed by atoms with van der Waals surface area (Å²) in [5, 5.41) is 18.4. The molecular formula is C13H19NO2Si. The molecule has 0 heterocycles. The second-order valence-electron chi connectivity index (χ2n) is 5.65. The second kappa shape index (κ2) is 4.42. The van der Waals surface area contributed by atoms with Gasteiger partial charge in [0, 0.05) is 6.07 Å². The van der Waals surface area contributed by atoms with Gasteiger partial charge in [-0.1, -0.05) is 20.8 Å². The molecule has 0 radical (unpaired) electrons. The Morgan fingerprint density at radius 2 is 1.88 bits per heavy atom. The molecule has 92 valence electrons. The van der Waals surface area contributed by atoms with Crippen molar-refractivity contribution in [1.29, 1.82) is 5.26 Å². The third kappa shape index (κ3) is 3.01. The van der Waals surface area contributed by atoms with Crippen molar-refractivity contribution in [2.75, 3.05) is 0 Å². The average Bonchev–Trinajstić information content (AvgIpc) is 2.18. The molecule has 1 aromatic rings. The van der Waals surface area contributed by atoms with E-state index in [4.69, 9.17) is 9.69 Å². The zero-order valence-electron chi connectivity index (χ0n) is 11.0. The van der Waals surface area contributed by atoms with Crippen LogP contribution in [0.5, 0.6) is 11.5 Å². The summed E-state index contributed by atoms with van der Waals surface area (Å²) >= 11 is 0. The maximum Gasteiger partial charge on any atom is 0.250 e. The Hall–Kier alpha value is -1.47. The van der Waals surface area contributed by atoms with Crippen molar-refractivity contribution in [2.24, 2.45) is 0 Å². The third-order valence-electron chi connectivity index (χ3n) is 3.25. The molecule has 1 N–H and O–H groups in total. The van der Waals surface area contributed by atoms with Crippen molar-refractivity contribution in [1.82, 2.24) is 0 Å². The molecular weight excluding hydrogens is 230 g/mol. The summed E-state index contributed by atoms with van der Waals surface area (Å²) in [6.45, 7) is 10.7. The number of phenolic OH excluding ortho intramolecular Hbond substituents is 1. The lowest BCUT2D eigenvalue weighted by molar-refractivity contribution is 0.468. The van der Waals surface area contributed by atoms with Crippen LogP contribution in [0.25, 0.3) is 0 Å². The molecule has 0 saturated carbocycles. The van der Waals surface area contributed by atoms with Crippen LogP contribution >= 0.6 is 0 Å². The van der Waals surface area contributed by atoms with Gasteiger partial charge in [-0.3, -0.25) is 0 Å². The molecule has 1 rings (SSSR count). The number of hydrogen-bond donors (Lipinski definition) is 1. The van der Waals surface area contributed by atoms with Crippen LogP contribution in [-0.4, -0.2) is 13.4 Å². The lowest BCUT2D eigenvalue weighted by atomic mass is 10.2. The first kappa shape index (κ1) is 13.6. The molecule has 3 nitrogen and oxygen atoms in total. The van der Waals surface area contributed by atoms with Gasteiger partial charge in [0.1, 0.15) is 17.6 Å². The van der Waals surface area contributed by atoms with Crippen molar-refractivity contribution in [3.05, 3.63) is 23.8 Å². The van der Waals surface area contributed by atoms with E-state index in [0.717, 1.165) is 0 Å². The van der Waals surface area contributed by atoms with Crippen LogP contribution in [0.3, 0.4) is 0 Å². The van der Waals surface area contributed by atoms with E-state index in [1.807, 2.05) is 6.07 Å². The number of hydrogen-bond acceptors (Lipinski definition) is 3. The number of aromatic hydroxyl groups is 1. The van der Waals surface area contributed by atoms with Crippen molar-refractivity contribution >= 4 is 8.32 Å². The van der Waals surface area contributed by atoms with Gasteiger partial charge in [-0.15, -0.1) is 0 Å². The Balaban J connectivity index is 3.09. The predicted molar refractivity (Wildman–Crippen MR) is 70.6 cm³/mol. The average molecular weight is 249 g/mol. The third-order valence-corrected chi connectivity index (χ3v) is 7.60. The van der Waals surface area contributed by atoms with E-state index in [1.54, 1.807) is 12.1 Å². The maximum atomic E-state index is 9.33. The first-order valence-corrected chi connectivity index (χ1v) is 8.50. The topological polar surface area (TPSA) is 53.2 Å². The molecule has 0 aromatic heterocycles. The molecule has 0 amide bonds. The van der Waals surface area contributed by atoms with E-state index in [9.17, 15) is 5.11 Å². The smallest absolute Gasteiger partial charge is 0.250 e. The molecule has 0 aliphatic heterocycles. The highest BCUT2D eigenvalue weighted by molar-refractivity contribution is 6.74. The molecule has 0 unspecified atom stereocenters. The molecule has 4 heteroatoms. The van der Waals surface area contributed by atoms with Crippen molar-refractivity contribution < 1.29 is 9.53 Å². The van der Waals surface area contributed by atoms with Gasteiger partial charge >= 0.3 is 0 Å². The highest BCUT2D eigenvalue weighted by Crippen LogP contribution is 2.38. The highest BCUT2D eigenvalue weighted by atomic mass is 28.4. The molecule has 0 atom stereocenters. The quantitative estimate of drug-likeness (QED) is 0.814. The number of rotatable bonds is 2. The molecule has 0 fully saturated rings. The molecule has 1 aromatic carbocycles. The number of phenols is 1. The largest absolute Gasteiger partial charge is 0.543 e. The molecule has 0 aliphatic rings. The van der Waals surface area contributed by atoms with Gasteiger partial charge in [-0.2, -0.15) is 5.26 Å². The minimum Gasteiger partial charge on any atom is -0.543 e. The van der Waals surface area contributed by atoms with Gasteiger partial charge in [-0.05, 0) is 30.3 Å². The molecule has 0 aliphatic carbocycles. The van der Waals surface area contributed by atoms with Crippen LogP contribution in [0.15, 0.2) is 18.2 Å². The van der Waals surface area contributed by atoms with Crippen LogP contribution in [-0.2, 0) is 0 Å². The van der Waals surface area contributed by atoms with Gasteiger partial charge in [0.2, 0.25) is 0 Å². The van der Waals surface area contributed by atoms with E-state index in [2.05, 4.69) is 33.9 Å². The van der Waals surface area contributed by atoms with Crippen molar-refractivity contribution in [3.63, 3.8) is 0 Å². The van der Waals surface area contributed by atoms with Crippen LogP contribution in [0, 0.1) is 11.3 Å². The summed E-state index contributed by atoms with van der Waals surface area (Å²) in [6, 6.07) is 6.69. The highest BCUT2D eigenvalue weighted by Gasteiger charge is 2.39. The minimum absolute atomic E-state index is 0.0810. The zero-order valence-corrected chi connectivity index (χ0v) is 12.0. The van der Waals surface area contributed by atoms with Crippen LogP contribution in [0.4, 0.5) is 0 Å².